The van der Waals surface area contributed by atoms with E-state index in [0.717, 1.165) is 0 Å². The van der Waals surface area contributed by atoms with Crippen LogP contribution >= 0.6 is 11.6 Å². The summed E-state index contributed by atoms with van der Waals surface area (Å²) in [6, 6.07) is 15.4. The standard InChI is InChI=1S/C20H25ClN2O2/c1-13(2)19(15-8-6-5-7-9-15)22-14(3)20(24)23-17-12-16(21)10-11-18(17)25-4/h5-14,19,22H,1-4H3,(H,23,24)/p+1/t14-,19+/m1/s1. The number of carbonyl (C=O) groups excluding carboxylic acids is 1. The van der Waals surface area contributed by atoms with Gasteiger partial charge in [-0.05, 0) is 25.1 Å². The first kappa shape index (κ1) is 19.3. The number of methoxy groups -OCH3 is 1. The molecule has 0 bridgehead atoms. The van der Waals surface area contributed by atoms with Crippen molar-refractivity contribution >= 4 is 23.2 Å². The molecule has 0 saturated heterocycles. The van der Waals surface area contributed by atoms with Crippen LogP contribution in [-0.2, 0) is 4.79 Å². The molecule has 2 aromatic carbocycles. The Hall–Kier alpha value is -2.04. The van der Waals surface area contributed by atoms with Gasteiger partial charge < -0.3 is 15.4 Å². The van der Waals surface area contributed by atoms with Gasteiger partial charge in [0.05, 0.1) is 12.8 Å². The molecule has 5 heteroatoms. The summed E-state index contributed by atoms with van der Waals surface area (Å²) < 4.78 is 5.29. The van der Waals surface area contributed by atoms with Crippen molar-refractivity contribution in [1.82, 2.24) is 0 Å². The van der Waals surface area contributed by atoms with Crippen molar-refractivity contribution in [2.75, 3.05) is 12.4 Å². The van der Waals surface area contributed by atoms with E-state index in [1.807, 2.05) is 25.1 Å². The Bertz CT molecular complexity index is 704. The fourth-order valence-electron chi connectivity index (χ4n) is 2.82. The summed E-state index contributed by atoms with van der Waals surface area (Å²) in [5.41, 5.74) is 1.80. The maximum Gasteiger partial charge on any atom is 0.282 e. The third kappa shape index (κ3) is 5.21. The van der Waals surface area contributed by atoms with Crippen LogP contribution in [0.4, 0.5) is 5.69 Å². The first-order valence-corrected chi connectivity index (χ1v) is 8.84. The predicted molar refractivity (Wildman–Crippen MR) is 102 cm³/mol. The number of amides is 1. The van der Waals surface area contributed by atoms with Crippen LogP contribution in [0.25, 0.3) is 0 Å². The fraction of sp³-hybridized carbons (Fsp3) is 0.350. The largest absolute Gasteiger partial charge is 0.495 e. The molecule has 0 fully saturated rings. The third-order valence-corrected chi connectivity index (χ3v) is 4.47. The summed E-state index contributed by atoms with van der Waals surface area (Å²) >= 11 is 6.03. The third-order valence-electron chi connectivity index (χ3n) is 4.23. The van der Waals surface area contributed by atoms with E-state index in [1.165, 1.54) is 5.56 Å². The number of nitrogens with one attached hydrogen (secondary N) is 1. The van der Waals surface area contributed by atoms with E-state index >= 15 is 0 Å². The molecule has 2 aromatic rings. The van der Waals surface area contributed by atoms with E-state index < -0.39 is 0 Å². The summed E-state index contributed by atoms with van der Waals surface area (Å²) in [5.74, 6) is 0.911. The Morgan fingerprint density at radius 3 is 2.40 bits per heavy atom. The van der Waals surface area contributed by atoms with Crippen molar-refractivity contribution in [2.45, 2.75) is 32.9 Å². The molecule has 0 aliphatic carbocycles. The van der Waals surface area contributed by atoms with Gasteiger partial charge in [0, 0.05) is 16.5 Å². The lowest BCUT2D eigenvalue weighted by molar-refractivity contribution is -0.718. The number of quaternary nitrogens is 1. The highest BCUT2D eigenvalue weighted by Crippen LogP contribution is 2.27. The van der Waals surface area contributed by atoms with Crippen LogP contribution in [0.1, 0.15) is 32.4 Å². The Morgan fingerprint density at radius 1 is 1.12 bits per heavy atom. The fourth-order valence-corrected chi connectivity index (χ4v) is 2.99. The number of nitrogens with two attached hydrogens (primary N) is 1. The van der Waals surface area contributed by atoms with Crippen LogP contribution in [0.5, 0.6) is 5.75 Å². The summed E-state index contributed by atoms with van der Waals surface area (Å²) in [5, 5.41) is 5.57. The van der Waals surface area contributed by atoms with E-state index in [-0.39, 0.29) is 18.0 Å². The number of anilines is 1. The molecule has 2 rings (SSSR count). The maximum atomic E-state index is 12.6. The molecular weight excluding hydrogens is 336 g/mol. The molecule has 0 saturated carbocycles. The van der Waals surface area contributed by atoms with Crippen molar-refractivity contribution in [1.29, 1.82) is 0 Å². The molecule has 25 heavy (non-hydrogen) atoms. The molecule has 0 heterocycles. The highest BCUT2D eigenvalue weighted by atomic mass is 35.5. The number of hydrogen-bond acceptors (Lipinski definition) is 2. The first-order chi connectivity index (χ1) is 11.9. The molecule has 2 atom stereocenters. The minimum atomic E-state index is -0.253. The maximum absolute atomic E-state index is 12.6. The average Bonchev–Trinajstić information content (AvgIpc) is 2.60. The van der Waals surface area contributed by atoms with Gasteiger partial charge in [-0.25, -0.2) is 0 Å². The lowest BCUT2D eigenvalue weighted by Gasteiger charge is -2.23. The van der Waals surface area contributed by atoms with Gasteiger partial charge in [0.2, 0.25) is 0 Å². The number of carbonyl (C=O) groups is 1. The quantitative estimate of drug-likeness (QED) is 0.791. The van der Waals surface area contributed by atoms with Crippen LogP contribution in [0.2, 0.25) is 5.02 Å². The highest BCUT2D eigenvalue weighted by Gasteiger charge is 2.26. The van der Waals surface area contributed by atoms with Gasteiger partial charge in [0.15, 0.2) is 6.04 Å². The molecule has 4 nitrogen and oxygen atoms in total. The topological polar surface area (TPSA) is 54.9 Å². The number of hydrogen-bond donors (Lipinski definition) is 2. The van der Waals surface area contributed by atoms with Gasteiger partial charge in [-0.15, -0.1) is 0 Å². The molecular formula is C20H26ClN2O2+. The molecule has 0 spiro atoms. The van der Waals surface area contributed by atoms with Crippen molar-refractivity contribution < 1.29 is 14.8 Å². The second-order valence-electron chi connectivity index (χ2n) is 6.50. The molecule has 0 aromatic heterocycles. The van der Waals surface area contributed by atoms with Crippen LogP contribution in [0.15, 0.2) is 48.5 Å². The Morgan fingerprint density at radius 2 is 1.80 bits per heavy atom. The highest BCUT2D eigenvalue weighted by molar-refractivity contribution is 6.31. The van der Waals surface area contributed by atoms with Crippen LogP contribution in [-0.4, -0.2) is 19.1 Å². The zero-order valence-corrected chi connectivity index (χ0v) is 15.9. The second-order valence-corrected chi connectivity index (χ2v) is 6.93. The lowest BCUT2D eigenvalue weighted by Crippen LogP contribution is -2.93. The molecule has 134 valence electrons. The normalized spacial score (nSPS) is 13.4. The molecule has 0 radical (unpaired) electrons. The summed E-state index contributed by atoms with van der Waals surface area (Å²) in [4.78, 5) is 12.6. The molecule has 1 amide bonds. The first-order valence-electron chi connectivity index (χ1n) is 8.46. The summed E-state index contributed by atoms with van der Waals surface area (Å²) in [6.45, 7) is 6.24. The Balaban J connectivity index is 2.10. The van der Waals surface area contributed by atoms with Gasteiger partial charge in [0.25, 0.3) is 5.91 Å². The molecule has 0 aliphatic heterocycles. The molecule has 3 N–H and O–H groups in total. The predicted octanol–water partition coefficient (Wildman–Crippen LogP) is 3.64. The minimum Gasteiger partial charge on any atom is -0.495 e. The second kappa shape index (κ2) is 8.88. The summed E-state index contributed by atoms with van der Waals surface area (Å²) in [6.07, 6.45) is 0. The Kier molecular flexibility index (Phi) is 6.85. The molecule has 0 unspecified atom stereocenters. The van der Waals surface area contributed by atoms with Crippen molar-refractivity contribution in [3.63, 3.8) is 0 Å². The van der Waals surface area contributed by atoms with Crippen molar-refractivity contribution in [2.24, 2.45) is 5.92 Å². The smallest absolute Gasteiger partial charge is 0.282 e. The van der Waals surface area contributed by atoms with Gasteiger partial charge >= 0.3 is 0 Å². The van der Waals surface area contributed by atoms with E-state index in [1.54, 1.807) is 25.3 Å². The zero-order chi connectivity index (χ0) is 18.4. The van der Waals surface area contributed by atoms with Crippen molar-refractivity contribution in [3.8, 4) is 5.75 Å². The van der Waals surface area contributed by atoms with Gasteiger partial charge in [-0.2, -0.15) is 0 Å². The van der Waals surface area contributed by atoms with E-state index in [4.69, 9.17) is 16.3 Å². The Labute approximate surface area is 154 Å². The van der Waals surface area contributed by atoms with Crippen LogP contribution < -0.4 is 15.4 Å². The van der Waals surface area contributed by atoms with E-state index in [0.29, 0.717) is 22.4 Å². The summed E-state index contributed by atoms with van der Waals surface area (Å²) in [7, 11) is 1.57. The zero-order valence-electron chi connectivity index (χ0n) is 15.1. The minimum absolute atomic E-state index is 0.0813. The van der Waals surface area contributed by atoms with Crippen LogP contribution in [0, 0.1) is 5.92 Å². The average molecular weight is 362 g/mol. The number of benzene rings is 2. The molecule has 0 aliphatic rings. The monoisotopic (exact) mass is 361 g/mol. The van der Waals surface area contributed by atoms with E-state index in [2.05, 4.69) is 36.6 Å². The number of ether oxygens (including phenoxy) is 1. The number of rotatable bonds is 7. The van der Waals surface area contributed by atoms with Gasteiger partial charge in [-0.3, -0.25) is 4.79 Å². The van der Waals surface area contributed by atoms with Gasteiger partial charge in [-0.1, -0.05) is 55.8 Å². The number of halogens is 1. The lowest BCUT2D eigenvalue weighted by atomic mass is 9.95. The van der Waals surface area contributed by atoms with Crippen molar-refractivity contribution in [3.05, 3.63) is 59.1 Å². The van der Waals surface area contributed by atoms with Gasteiger partial charge in [0.1, 0.15) is 11.8 Å². The van der Waals surface area contributed by atoms with Crippen LogP contribution in [0.3, 0.4) is 0 Å². The van der Waals surface area contributed by atoms with E-state index in [9.17, 15) is 4.79 Å². The SMILES string of the molecule is COc1ccc(Cl)cc1NC(=O)[C@@H](C)[NH2+][C@H](c1ccccc1)C(C)C.